The summed E-state index contributed by atoms with van der Waals surface area (Å²) in [6, 6.07) is 2.23. The first-order valence-electron chi connectivity index (χ1n) is 11.5. The van der Waals surface area contributed by atoms with Crippen molar-refractivity contribution in [1.82, 2.24) is 15.3 Å². The number of hydrogen-bond acceptors (Lipinski definition) is 5. The molecule has 4 bridgehead atoms. The van der Waals surface area contributed by atoms with Gasteiger partial charge in [0.25, 0.3) is 0 Å². The highest BCUT2D eigenvalue weighted by Gasteiger charge is 2.49. The van der Waals surface area contributed by atoms with E-state index in [0.717, 1.165) is 48.1 Å². The van der Waals surface area contributed by atoms with Gasteiger partial charge in [0.15, 0.2) is 0 Å². The third-order valence-electron chi connectivity index (χ3n) is 7.51. The number of carbonyl (C=O) groups is 1. The van der Waals surface area contributed by atoms with Crippen molar-refractivity contribution in [1.29, 1.82) is 0 Å². The fourth-order valence-electron chi connectivity index (χ4n) is 6.72. The van der Waals surface area contributed by atoms with Crippen LogP contribution < -0.4 is 10.2 Å². The van der Waals surface area contributed by atoms with E-state index < -0.39 is 5.60 Å². The Morgan fingerprint density at radius 3 is 2.43 bits per heavy atom. The largest absolute Gasteiger partial charge is 0.444 e. The molecule has 1 amide bonds. The van der Waals surface area contributed by atoms with Crippen molar-refractivity contribution in [3.63, 3.8) is 0 Å². The van der Waals surface area contributed by atoms with Gasteiger partial charge in [-0.15, -0.1) is 0 Å². The van der Waals surface area contributed by atoms with Crippen molar-refractivity contribution in [2.45, 2.75) is 76.9 Å². The number of alkyl carbamates (subject to hydrolysis) is 1. The standard InChI is InChI=1S/C23H33ClN4O2/c1-23(2,3)30-22(29)25-17-4-5-28(12-17)19-11-18(26-21(24)27-19)20-15-7-13-6-14(9-15)10-16(20)8-13/h11,13-17,20H,4-10,12H2,1-3H3,(H,25,29)/t13?,14?,15?,16?,17-,20?/m0/s1. The second-order valence-corrected chi connectivity index (χ2v) is 11.3. The van der Waals surface area contributed by atoms with E-state index in [1.807, 2.05) is 20.8 Å². The summed E-state index contributed by atoms with van der Waals surface area (Å²) in [7, 11) is 0. The number of halogens is 1. The van der Waals surface area contributed by atoms with Crippen LogP contribution in [-0.2, 0) is 4.74 Å². The lowest BCUT2D eigenvalue weighted by Crippen LogP contribution is -2.44. The van der Waals surface area contributed by atoms with E-state index in [1.54, 1.807) is 0 Å². The van der Waals surface area contributed by atoms with E-state index in [-0.39, 0.29) is 12.1 Å². The Kier molecular flexibility index (Phi) is 5.11. The van der Waals surface area contributed by atoms with Gasteiger partial charge in [0, 0.05) is 25.1 Å². The first kappa shape index (κ1) is 20.3. The Labute approximate surface area is 184 Å². The van der Waals surface area contributed by atoms with Crippen LogP contribution in [-0.4, -0.2) is 40.8 Å². The molecule has 0 spiro atoms. The van der Waals surface area contributed by atoms with Gasteiger partial charge >= 0.3 is 6.09 Å². The van der Waals surface area contributed by atoms with Gasteiger partial charge in [0.1, 0.15) is 11.4 Å². The number of ether oxygens (including phenoxy) is 1. The van der Waals surface area contributed by atoms with Gasteiger partial charge in [-0.2, -0.15) is 0 Å². The highest BCUT2D eigenvalue weighted by Crippen LogP contribution is 2.59. The third kappa shape index (κ3) is 4.12. The maximum absolute atomic E-state index is 12.1. The Hall–Kier alpha value is -1.56. The zero-order valence-electron chi connectivity index (χ0n) is 18.2. The molecule has 0 unspecified atom stereocenters. The van der Waals surface area contributed by atoms with E-state index in [9.17, 15) is 4.79 Å². The number of hydrogen-bond donors (Lipinski definition) is 1. The predicted octanol–water partition coefficient (Wildman–Crippen LogP) is 4.77. The minimum atomic E-state index is -0.490. The van der Waals surface area contributed by atoms with E-state index in [4.69, 9.17) is 21.3 Å². The first-order chi connectivity index (χ1) is 14.2. The van der Waals surface area contributed by atoms with Crippen molar-refractivity contribution in [2.75, 3.05) is 18.0 Å². The Morgan fingerprint density at radius 1 is 1.13 bits per heavy atom. The lowest BCUT2D eigenvalue weighted by Gasteiger charge is -2.54. The van der Waals surface area contributed by atoms with Crippen LogP contribution in [0.4, 0.5) is 10.6 Å². The molecule has 1 atom stereocenters. The van der Waals surface area contributed by atoms with E-state index in [1.165, 1.54) is 32.1 Å². The number of nitrogens with one attached hydrogen (secondary N) is 1. The normalized spacial score (nSPS) is 35.0. The summed E-state index contributed by atoms with van der Waals surface area (Å²) in [6.07, 6.45) is 7.41. The SMILES string of the molecule is CC(C)(C)OC(=O)N[C@H]1CCN(c2cc(C3C4CC5CC(C4)CC3C5)nc(Cl)n2)C1. The van der Waals surface area contributed by atoms with Crippen LogP contribution in [0, 0.1) is 23.7 Å². The molecular formula is C23H33ClN4O2. The van der Waals surface area contributed by atoms with Crippen molar-refractivity contribution in [2.24, 2.45) is 23.7 Å². The summed E-state index contributed by atoms with van der Waals surface area (Å²) in [5.41, 5.74) is 0.651. The summed E-state index contributed by atoms with van der Waals surface area (Å²) in [6.45, 7) is 7.19. The van der Waals surface area contributed by atoms with Crippen LogP contribution in [0.15, 0.2) is 6.07 Å². The van der Waals surface area contributed by atoms with Crippen LogP contribution in [0.1, 0.15) is 70.9 Å². The molecule has 0 aromatic carbocycles. The third-order valence-corrected chi connectivity index (χ3v) is 7.68. The van der Waals surface area contributed by atoms with Gasteiger partial charge in [0.05, 0.1) is 11.7 Å². The topological polar surface area (TPSA) is 67.3 Å². The average Bonchev–Trinajstić information content (AvgIpc) is 3.07. The van der Waals surface area contributed by atoms with E-state index in [0.29, 0.717) is 17.7 Å². The summed E-state index contributed by atoms with van der Waals surface area (Å²) < 4.78 is 5.40. The summed E-state index contributed by atoms with van der Waals surface area (Å²) in [4.78, 5) is 23.6. The second-order valence-electron chi connectivity index (χ2n) is 11.0. The smallest absolute Gasteiger partial charge is 0.407 e. The fourth-order valence-corrected chi connectivity index (χ4v) is 6.91. The summed E-state index contributed by atoms with van der Waals surface area (Å²) in [5, 5.41) is 3.34. The molecule has 7 heteroatoms. The number of nitrogens with zero attached hydrogens (tertiary/aromatic N) is 3. The molecule has 1 aromatic rings. The molecule has 6 nitrogen and oxygen atoms in total. The van der Waals surface area contributed by atoms with Gasteiger partial charge < -0.3 is 15.0 Å². The number of aromatic nitrogens is 2. The minimum Gasteiger partial charge on any atom is -0.444 e. The highest BCUT2D eigenvalue weighted by molar-refractivity contribution is 6.28. The van der Waals surface area contributed by atoms with Crippen LogP contribution in [0.3, 0.4) is 0 Å². The summed E-state index contributed by atoms with van der Waals surface area (Å²) in [5.74, 6) is 4.85. The monoisotopic (exact) mass is 432 g/mol. The van der Waals surface area contributed by atoms with Crippen molar-refractivity contribution < 1.29 is 9.53 Å². The molecule has 6 rings (SSSR count). The molecule has 1 saturated heterocycles. The molecule has 4 saturated carbocycles. The zero-order valence-corrected chi connectivity index (χ0v) is 19.0. The Morgan fingerprint density at radius 2 is 1.80 bits per heavy atom. The number of amides is 1. The molecular weight excluding hydrogens is 400 g/mol. The lowest BCUT2D eigenvalue weighted by molar-refractivity contribution is -0.00417. The lowest BCUT2D eigenvalue weighted by atomic mass is 9.51. The van der Waals surface area contributed by atoms with Crippen LogP contribution in [0.25, 0.3) is 0 Å². The number of rotatable bonds is 3. The Bertz CT molecular complexity index is 796. The summed E-state index contributed by atoms with van der Waals surface area (Å²) >= 11 is 6.40. The van der Waals surface area contributed by atoms with Crippen LogP contribution in [0.2, 0.25) is 5.28 Å². The van der Waals surface area contributed by atoms with Gasteiger partial charge in [-0.05, 0) is 94.6 Å². The minimum absolute atomic E-state index is 0.0539. The second kappa shape index (κ2) is 7.54. The van der Waals surface area contributed by atoms with Crippen LogP contribution >= 0.6 is 11.6 Å². The highest BCUT2D eigenvalue weighted by atomic mass is 35.5. The molecule has 5 fully saturated rings. The van der Waals surface area contributed by atoms with Gasteiger partial charge in [-0.3, -0.25) is 0 Å². The molecule has 0 radical (unpaired) electrons. The van der Waals surface area contributed by atoms with E-state index in [2.05, 4.69) is 21.3 Å². The molecule has 164 valence electrons. The van der Waals surface area contributed by atoms with Crippen LogP contribution in [0.5, 0.6) is 0 Å². The van der Waals surface area contributed by atoms with Crippen molar-refractivity contribution >= 4 is 23.5 Å². The maximum atomic E-state index is 12.1. The first-order valence-corrected chi connectivity index (χ1v) is 11.9. The van der Waals surface area contributed by atoms with Crippen molar-refractivity contribution in [3.05, 3.63) is 17.0 Å². The number of anilines is 1. The van der Waals surface area contributed by atoms with E-state index >= 15 is 0 Å². The Balaban J connectivity index is 1.28. The molecule has 1 N–H and O–H groups in total. The van der Waals surface area contributed by atoms with Gasteiger partial charge in [-0.1, -0.05) is 0 Å². The average molecular weight is 433 g/mol. The molecule has 4 aliphatic carbocycles. The van der Waals surface area contributed by atoms with Crippen molar-refractivity contribution in [3.8, 4) is 0 Å². The van der Waals surface area contributed by atoms with Gasteiger partial charge in [-0.25, -0.2) is 14.8 Å². The zero-order chi connectivity index (χ0) is 21.0. The number of carbonyl (C=O) groups excluding carboxylic acids is 1. The molecule has 1 aromatic heterocycles. The fraction of sp³-hybridized carbons (Fsp3) is 0.783. The quantitative estimate of drug-likeness (QED) is 0.696. The van der Waals surface area contributed by atoms with Gasteiger partial charge in [0.2, 0.25) is 5.28 Å². The molecule has 30 heavy (non-hydrogen) atoms. The molecule has 2 heterocycles. The predicted molar refractivity (Wildman–Crippen MR) is 117 cm³/mol. The maximum Gasteiger partial charge on any atom is 0.407 e. The molecule has 5 aliphatic rings. The molecule has 1 aliphatic heterocycles.